The van der Waals surface area contributed by atoms with Crippen molar-refractivity contribution in [2.24, 2.45) is 0 Å². The van der Waals surface area contributed by atoms with E-state index in [-0.39, 0.29) is 17.6 Å². The van der Waals surface area contributed by atoms with Gasteiger partial charge in [-0.15, -0.1) is 12.3 Å². The van der Waals surface area contributed by atoms with E-state index < -0.39 is 0 Å². The number of nitrogens with one attached hydrogen (secondary N) is 1. The molecule has 0 saturated carbocycles. The van der Waals surface area contributed by atoms with Crippen molar-refractivity contribution in [3.63, 3.8) is 0 Å². The molecule has 0 aliphatic heterocycles. The lowest BCUT2D eigenvalue weighted by Crippen LogP contribution is -2.34. The van der Waals surface area contributed by atoms with Crippen molar-refractivity contribution in [1.29, 1.82) is 0 Å². The number of amides is 1. The molecule has 4 nitrogen and oxygen atoms in total. The topological polar surface area (TPSA) is 55.1 Å². The summed E-state index contributed by atoms with van der Waals surface area (Å²) < 4.78 is 4.56. The minimum atomic E-state index is -0.249. The zero-order chi connectivity index (χ0) is 10.4. The monoisotopic (exact) mass is 192 g/mol. The van der Waals surface area contributed by atoms with Gasteiger partial charge in [0, 0.05) is 18.5 Å². The van der Waals surface area contributed by atoms with Crippen LogP contribution in [0.4, 0.5) is 0 Å². The van der Waals surface area contributed by atoms with Crippen molar-refractivity contribution in [3.8, 4) is 12.3 Å². The predicted molar refractivity (Wildman–Crippen MR) is 51.5 cm³/mol. The minimum Gasteiger partial charge on any atom is -0.364 e. The van der Waals surface area contributed by atoms with Gasteiger partial charge in [0.25, 0.3) is 5.91 Å². The zero-order valence-corrected chi connectivity index (χ0v) is 7.99. The molecule has 1 unspecified atom stereocenters. The molecule has 74 valence electrons. The largest absolute Gasteiger partial charge is 0.364 e. The number of carbonyl (C=O) groups excluding carboxylic acids is 1. The Morgan fingerprint density at radius 1 is 1.86 bits per heavy atom. The minimum absolute atomic E-state index is 0.00389. The second-order valence-corrected chi connectivity index (χ2v) is 2.87. The highest BCUT2D eigenvalue weighted by atomic mass is 16.5. The third kappa shape index (κ3) is 2.63. The quantitative estimate of drug-likeness (QED) is 0.729. The molecular weight excluding hydrogens is 180 g/mol. The molecule has 1 N–H and O–H groups in total. The van der Waals surface area contributed by atoms with Gasteiger partial charge >= 0.3 is 0 Å². The van der Waals surface area contributed by atoms with Gasteiger partial charge in [0.2, 0.25) is 0 Å². The number of carbonyl (C=O) groups is 1. The molecule has 1 amide bonds. The molecule has 0 aliphatic carbocycles. The van der Waals surface area contributed by atoms with Gasteiger partial charge in [0.05, 0.1) is 0 Å². The van der Waals surface area contributed by atoms with E-state index in [2.05, 4.69) is 20.9 Å². The lowest BCUT2D eigenvalue weighted by atomic mass is 10.1. The van der Waals surface area contributed by atoms with E-state index in [0.29, 0.717) is 6.42 Å². The normalized spacial score (nSPS) is 11.7. The molecular formula is C10H12N2O2. The second-order valence-electron chi connectivity index (χ2n) is 2.87. The summed E-state index contributed by atoms with van der Waals surface area (Å²) in [6, 6.07) is 1.52. The number of nitrogens with zero attached hydrogens (tertiary/aromatic N) is 1. The Hall–Kier alpha value is -1.76. The van der Waals surface area contributed by atoms with Crippen molar-refractivity contribution >= 4 is 5.91 Å². The fraction of sp³-hybridized carbons (Fsp3) is 0.400. The van der Waals surface area contributed by atoms with Crippen LogP contribution in [0.25, 0.3) is 0 Å². The summed E-state index contributed by atoms with van der Waals surface area (Å²) in [7, 11) is 0. The molecule has 0 aromatic carbocycles. The van der Waals surface area contributed by atoms with Gasteiger partial charge in [0.15, 0.2) is 5.69 Å². The first-order valence-electron chi connectivity index (χ1n) is 4.42. The van der Waals surface area contributed by atoms with E-state index in [4.69, 9.17) is 6.42 Å². The number of hydrogen-bond donors (Lipinski definition) is 1. The molecule has 0 bridgehead atoms. The summed E-state index contributed by atoms with van der Waals surface area (Å²) >= 11 is 0. The maximum atomic E-state index is 11.4. The van der Waals surface area contributed by atoms with Crippen LogP contribution >= 0.6 is 0 Å². The van der Waals surface area contributed by atoms with Crippen LogP contribution in [0.15, 0.2) is 16.9 Å². The van der Waals surface area contributed by atoms with Gasteiger partial charge in [0.1, 0.15) is 6.26 Å². The molecule has 1 rings (SSSR count). The zero-order valence-electron chi connectivity index (χ0n) is 7.99. The maximum absolute atomic E-state index is 11.4. The third-order valence-electron chi connectivity index (χ3n) is 1.86. The number of hydrogen-bond acceptors (Lipinski definition) is 3. The van der Waals surface area contributed by atoms with Gasteiger partial charge < -0.3 is 9.84 Å². The molecule has 1 atom stereocenters. The van der Waals surface area contributed by atoms with Crippen molar-refractivity contribution in [3.05, 3.63) is 18.0 Å². The number of rotatable bonds is 4. The Labute approximate surface area is 82.7 Å². The van der Waals surface area contributed by atoms with Crippen LogP contribution in [0, 0.1) is 12.3 Å². The molecule has 0 radical (unpaired) electrons. The van der Waals surface area contributed by atoms with Gasteiger partial charge in [-0.3, -0.25) is 4.79 Å². The first-order valence-corrected chi connectivity index (χ1v) is 4.42. The van der Waals surface area contributed by atoms with E-state index in [1.165, 1.54) is 12.3 Å². The van der Waals surface area contributed by atoms with Crippen LogP contribution in [0.3, 0.4) is 0 Å². The molecule has 0 saturated heterocycles. The second kappa shape index (κ2) is 5.07. The first kappa shape index (κ1) is 10.3. The molecule has 1 aromatic heterocycles. The highest BCUT2D eigenvalue weighted by molar-refractivity contribution is 5.92. The van der Waals surface area contributed by atoms with Gasteiger partial charge in [-0.1, -0.05) is 12.1 Å². The molecule has 0 spiro atoms. The van der Waals surface area contributed by atoms with E-state index in [1.807, 2.05) is 6.92 Å². The van der Waals surface area contributed by atoms with Gasteiger partial charge in [-0.25, -0.2) is 0 Å². The summed E-state index contributed by atoms with van der Waals surface area (Å²) in [4.78, 5) is 11.4. The Bertz CT molecular complexity index is 324. The fourth-order valence-electron chi connectivity index (χ4n) is 1.03. The van der Waals surface area contributed by atoms with Crippen molar-refractivity contribution < 1.29 is 9.32 Å². The highest BCUT2D eigenvalue weighted by Crippen LogP contribution is 2.00. The van der Waals surface area contributed by atoms with Crippen LogP contribution < -0.4 is 5.32 Å². The summed E-state index contributed by atoms with van der Waals surface area (Å²) in [5.41, 5.74) is 0.278. The van der Waals surface area contributed by atoms with Crippen LogP contribution in [0.1, 0.15) is 30.3 Å². The average Bonchev–Trinajstić information content (AvgIpc) is 2.69. The summed E-state index contributed by atoms with van der Waals surface area (Å²) in [6.07, 6.45) is 7.85. The van der Waals surface area contributed by atoms with E-state index in [9.17, 15) is 4.79 Å². The van der Waals surface area contributed by atoms with E-state index >= 15 is 0 Å². The predicted octanol–water partition coefficient (Wildman–Crippen LogP) is 1.21. The summed E-state index contributed by atoms with van der Waals surface area (Å²) in [5.74, 6) is 2.26. The van der Waals surface area contributed by atoms with Crippen LogP contribution in [-0.2, 0) is 0 Å². The average molecular weight is 192 g/mol. The van der Waals surface area contributed by atoms with E-state index in [1.54, 1.807) is 0 Å². The standard InChI is InChI=1S/C10H12N2O2/c1-3-5-8(4-2)11-10(13)9-6-7-14-12-9/h1,6-8H,4-5H2,2H3,(H,11,13). The number of terminal acetylenes is 1. The third-order valence-corrected chi connectivity index (χ3v) is 1.86. The van der Waals surface area contributed by atoms with Crippen LogP contribution in [0.2, 0.25) is 0 Å². The number of aromatic nitrogens is 1. The molecule has 1 aromatic rings. The van der Waals surface area contributed by atoms with Crippen molar-refractivity contribution in [2.45, 2.75) is 25.8 Å². The molecule has 0 fully saturated rings. The lowest BCUT2D eigenvalue weighted by Gasteiger charge is -2.12. The fourth-order valence-corrected chi connectivity index (χ4v) is 1.03. The maximum Gasteiger partial charge on any atom is 0.273 e. The van der Waals surface area contributed by atoms with Gasteiger partial charge in [-0.2, -0.15) is 0 Å². The Balaban J connectivity index is 2.52. The Morgan fingerprint density at radius 3 is 3.14 bits per heavy atom. The summed E-state index contributed by atoms with van der Waals surface area (Å²) in [5, 5.41) is 6.29. The highest BCUT2D eigenvalue weighted by Gasteiger charge is 2.12. The molecule has 4 heteroatoms. The molecule has 14 heavy (non-hydrogen) atoms. The van der Waals surface area contributed by atoms with Gasteiger partial charge in [-0.05, 0) is 6.42 Å². The van der Waals surface area contributed by atoms with Crippen molar-refractivity contribution in [2.75, 3.05) is 0 Å². The smallest absolute Gasteiger partial charge is 0.273 e. The molecule has 0 aliphatic rings. The summed E-state index contributed by atoms with van der Waals surface area (Å²) in [6.45, 7) is 1.96. The SMILES string of the molecule is C#CCC(CC)NC(=O)c1ccon1. The van der Waals surface area contributed by atoms with Crippen LogP contribution in [0.5, 0.6) is 0 Å². The Kier molecular flexibility index (Phi) is 3.74. The lowest BCUT2D eigenvalue weighted by molar-refractivity contribution is 0.0927. The van der Waals surface area contributed by atoms with E-state index in [0.717, 1.165) is 6.42 Å². The Morgan fingerprint density at radius 2 is 2.64 bits per heavy atom. The van der Waals surface area contributed by atoms with Crippen LogP contribution in [-0.4, -0.2) is 17.1 Å². The van der Waals surface area contributed by atoms with Crippen molar-refractivity contribution in [1.82, 2.24) is 10.5 Å². The molecule has 1 heterocycles. The first-order chi connectivity index (χ1) is 6.77.